The molecule has 0 aromatic heterocycles. The Bertz CT molecular complexity index is 1460. The van der Waals surface area contributed by atoms with Crippen LogP contribution in [-0.2, 0) is 16.1 Å². The third-order valence-corrected chi connectivity index (χ3v) is 7.41. The normalized spacial score (nSPS) is 16.2. The van der Waals surface area contributed by atoms with E-state index in [2.05, 4.69) is 6.07 Å². The smallest absolute Gasteiger partial charge is 0.410 e. The average molecular weight is 561 g/mol. The summed E-state index contributed by atoms with van der Waals surface area (Å²) >= 11 is 0. The predicted octanol–water partition coefficient (Wildman–Crippen LogP) is 5.50. The first-order chi connectivity index (χ1) is 19.4. The zero-order valence-corrected chi connectivity index (χ0v) is 24.5. The van der Waals surface area contributed by atoms with Crippen LogP contribution in [0, 0.1) is 17.1 Å². The third kappa shape index (κ3) is 6.60. The van der Waals surface area contributed by atoms with Crippen LogP contribution in [0.4, 0.5) is 9.18 Å². The lowest BCUT2D eigenvalue weighted by molar-refractivity contribution is -0.136. The fourth-order valence-electron chi connectivity index (χ4n) is 5.36. The Balaban J connectivity index is 1.64. The molecule has 1 aliphatic rings. The van der Waals surface area contributed by atoms with Crippen molar-refractivity contribution < 1.29 is 23.5 Å². The summed E-state index contributed by atoms with van der Waals surface area (Å²) in [6.45, 7) is 6.68. The molecule has 1 saturated heterocycles. The Kier molecular flexibility index (Phi) is 8.83. The van der Waals surface area contributed by atoms with E-state index in [1.807, 2.05) is 49.9 Å². The van der Waals surface area contributed by atoms with E-state index < -0.39 is 17.7 Å². The molecule has 0 bridgehead atoms. The van der Waals surface area contributed by atoms with Gasteiger partial charge in [0.25, 0.3) is 0 Å². The lowest BCUT2D eigenvalue weighted by Gasteiger charge is -2.33. The molecule has 8 nitrogen and oxygen atoms in total. The quantitative estimate of drug-likeness (QED) is 0.379. The predicted molar refractivity (Wildman–Crippen MR) is 155 cm³/mol. The number of halogens is 1. The summed E-state index contributed by atoms with van der Waals surface area (Å²) in [5, 5.41) is 11.5. The molecule has 4 rings (SSSR count). The number of rotatable bonds is 7. The van der Waals surface area contributed by atoms with Crippen molar-refractivity contribution in [2.75, 3.05) is 34.3 Å². The second-order valence-corrected chi connectivity index (χ2v) is 11.4. The van der Waals surface area contributed by atoms with E-state index in [1.165, 1.54) is 19.2 Å². The molecule has 2 atom stereocenters. The van der Waals surface area contributed by atoms with Gasteiger partial charge in [-0.3, -0.25) is 9.69 Å². The minimum Gasteiger partial charge on any atom is -0.495 e. The van der Waals surface area contributed by atoms with Gasteiger partial charge in [0.1, 0.15) is 29.3 Å². The van der Waals surface area contributed by atoms with Gasteiger partial charge < -0.3 is 19.3 Å². The Labute approximate surface area is 240 Å². The Morgan fingerprint density at radius 1 is 1.15 bits per heavy atom. The lowest BCUT2D eigenvalue weighted by atomic mass is 9.98. The number of fused-ring (bicyclic) bond motifs is 1. The van der Waals surface area contributed by atoms with Crippen molar-refractivity contribution in [2.45, 2.75) is 51.4 Å². The first-order valence-electron chi connectivity index (χ1n) is 13.6. The SMILES string of the molecule is COc1c(C#N)cc2ccccc2c1CN(C)C(=O)C(c1ccc(F)cc1)N1CCC(N(C)C(=O)OC(C)(C)C)C1. The van der Waals surface area contributed by atoms with Crippen LogP contribution in [0.3, 0.4) is 0 Å². The van der Waals surface area contributed by atoms with Crippen molar-refractivity contribution in [1.82, 2.24) is 14.7 Å². The maximum absolute atomic E-state index is 14.2. The molecule has 2 unspecified atom stereocenters. The molecule has 0 spiro atoms. The fourth-order valence-corrected chi connectivity index (χ4v) is 5.36. The maximum Gasteiger partial charge on any atom is 0.410 e. The minimum atomic E-state index is -0.700. The topological polar surface area (TPSA) is 86.1 Å². The van der Waals surface area contributed by atoms with Gasteiger partial charge >= 0.3 is 6.09 Å². The average Bonchev–Trinajstić information content (AvgIpc) is 3.42. The molecule has 3 aromatic carbocycles. The van der Waals surface area contributed by atoms with Gasteiger partial charge in [-0.2, -0.15) is 5.26 Å². The van der Waals surface area contributed by atoms with E-state index >= 15 is 0 Å². The number of carbonyl (C=O) groups excluding carboxylic acids is 2. The fraction of sp³-hybridized carbons (Fsp3) is 0.406. The summed E-state index contributed by atoms with van der Waals surface area (Å²) in [6, 6.07) is 16.8. The van der Waals surface area contributed by atoms with Crippen molar-refractivity contribution >= 4 is 22.8 Å². The number of hydrogen-bond acceptors (Lipinski definition) is 6. The Hall–Kier alpha value is -4.16. The van der Waals surface area contributed by atoms with Crippen LogP contribution in [0.15, 0.2) is 54.6 Å². The molecule has 1 aliphatic heterocycles. The second kappa shape index (κ2) is 12.1. The van der Waals surface area contributed by atoms with Crippen molar-refractivity contribution in [3.63, 3.8) is 0 Å². The number of hydrogen-bond donors (Lipinski definition) is 0. The molecule has 3 aromatic rings. The van der Waals surface area contributed by atoms with Crippen molar-refractivity contribution in [3.8, 4) is 11.8 Å². The second-order valence-electron chi connectivity index (χ2n) is 11.4. The summed E-state index contributed by atoms with van der Waals surface area (Å²) < 4.78 is 25.1. The van der Waals surface area contributed by atoms with Gasteiger partial charge in [0.15, 0.2) is 0 Å². The minimum absolute atomic E-state index is 0.151. The zero-order valence-electron chi connectivity index (χ0n) is 24.5. The zero-order chi connectivity index (χ0) is 29.9. The van der Waals surface area contributed by atoms with Crippen LogP contribution in [0.2, 0.25) is 0 Å². The first kappa shape index (κ1) is 29.8. The highest BCUT2D eigenvalue weighted by Crippen LogP contribution is 2.35. The number of benzene rings is 3. The van der Waals surface area contributed by atoms with Gasteiger partial charge in [0, 0.05) is 45.3 Å². The van der Waals surface area contributed by atoms with Gasteiger partial charge in [0.2, 0.25) is 5.91 Å². The van der Waals surface area contributed by atoms with E-state index in [9.17, 15) is 19.2 Å². The molecule has 0 radical (unpaired) electrons. The van der Waals surface area contributed by atoms with E-state index in [1.54, 1.807) is 42.1 Å². The number of likely N-dealkylation sites (N-methyl/N-ethyl adjacent to an activating group) is 2. The van der Waals surface area contributed by atoms with E-state index in [4.69, 9.17) is 9.47 Å². The van der Waals surface area contributed by atoms with Crippen molar-refractivity contribution in [1.29, 1.82) is 5.26 Å². The number of likely N-dealkylation sites (tertiary alicyclic amines) is 1. The summed E-state index contributed by atoms with van der Waals surface area (Å²) in [5.74, 6) is -0.142. The van der Waals surface area contributed by atoms with Crippen molar-refractivity contribution in [2.24, 2.45) is 0 Å². The Morgan fingerprint density at radius 2 is 1.83 bits per heavy atom. The van der Waals surface area contributed by atoms with Gasteiger partial charge in [-0.15, -0.1) is 0 Å². The molecule has 2 amide bonds. The van der Waals surface area contributed by atoms with Crippen LogP contribution >= 0.6 is 0 Å². The van der Waals surface area contributed by atoms with Crippen molar-refractivity contribution in [3.05, 3.63) is 77.1 Å². The largest absolute Gasteiger partial charge is 0.495 e. The highest BCUT2D eigenvalue weighted by atomic mass is 19.1. The van der Waals surface area contributed by atoms with Crippen LogP contribution < -0.4 is 4.74 Å². The Morgan fingerprint density at radius 3 is 2.46 bits per heavy atom. The number of nitriles is 1. The molecule has 1 fully saturated rings. The standard InChI is InChI=1S/C32H37FN4O4/c1-32(2,3)41-31(39)36(5)25-15-16-37(19-25)28(21-11-13-24(33)14-12-21)30(38)35(4)20-27-26-10-8-7-9-22(26)17-23(18-34)29(27)40-6/h7-14,17,25,28H,15-16,19-20H2,1-6H3. The van der Waals surface area contributed by atoms with Gasteiger partial charge in [-0.05, 0) is 61.7 Å². The summed E-state index contributed by atoms with van der Waals surface area (Å²) in [4.78, 5) is 32.1. The first-order valence-corrected chi connectivity index (χ1v) is 13.6. The summed E-state index contributed by atoms with van der Waals surface area (Å²) in [6.07, 6.45) is 0.245. The summed E-state index contributed by atoms with van der Waals surface area (Å²) in [7, 11) is 4.94. The molecule has 216 valence electrons. The molecule has 41 heavy (non-hydrogen) atoms. The number of amides is 2. The lowest BCUT2D eigenvalue weighted by Crippen LogP contribution is -2.44. The monoisotopic (exact) mass is 560 g/mol. The van der Waals surface area contributed by atoms with Crippen LogP contribution in [0.25, 0.3) is 10.8 Å². The molecule has 0 saturated carbocycles. The van der Waals surface area contributed by atoms with Crippen LogP contribution in [0.5, 0.6) is 5.75 Å². The van der Waals surface area contributed by atoms with Gasteiger partial charge in [-0.1, -0.05) is 36.4 Å². The number of carbonyl (C=O) groups is 2. The molecule has 9 heteroatoms. The molecule has 1 heterocycles. The summed E-state index contributed by atoms with van der Waals surface area (Å²) in [5.41, 5.74) is 1.17. The van der Waals surface area contributed by atoms with Crippen LogP contribution in [-0.4, -0.2) is 72.6 Å². The molecule has 0 N–H and O–H groups in total. The van der Waals surface area contributed by atoms with Gasteiger partial charge in [0.05, 0.1) is 12.7 Å². The van der Waals surface area contributed by atoms with Crippen LogP contribution in [0.1, 0.15) is 49.9 Å². The maximum atomic E-state index is 14.2. The van der Waals surface area contributed by atoms with E-state index in [0.29, 0.717) is 36.4 Å². The third-order valence-electron chi connectivity index (χ3n) is 7.41. The van der Waals surface area contributed by atoms with E-state index in [0.717, 1.165) is 16.3 Å². The van der Waals surface area contributed by atoms with E-state index in [-0.39, 0.29) is 24.3 Å². The molecule has 0 aliphatic carbocycles. The number of nitrogens with zero attached hydrogens (tertiary/aromatic N) is 4. The molecular weight excluding hydrogens is 523 g/mol. The molecular formula is C32H37FN4O4. The number of ether oxygens (including phenoxy) is 2. The highest BCUT2D eigenvalue weighted by Gasteiger charge is 2.38. The highest BCUT2D eigenvalue weighted by molar-refractivity contribution is 5.91. The van der Waals surface area contributed by atoms with Gasteiger partial charge in [-0.25, -0.2) is 9.18 Å². The number of methoxy groups -OCH3 is 1.